The monoisotopic (exact) mass is 314 g/mol. The molecule has 0 amide bonds. The van der Waals surface area contributed by atoms with Crippen molar-refractivity contribution in [1.82, 2.24) is 9.80 Å². The second-order valence-electron chi connectivity index (χ2n) is 5.64. The van der Waals surface area contributed by atoms with Crippen LogP contribution in [0.2, 0.25) is 0 Å². The molecule has 2 aliphatic rings. The van der Waals surface area contributed by atoms with Crippen LogP contribution in [-0.2, 0) is 23.8 Å². The van der Waals surface area contributed by atoms with E-state index in [9.17, 15) is 9.59 Å². The zero-order chi connectivity index (χ0) is 15.8. The summed E-state index contributed by atoms with van der Waals surface area (Å²) in [5.41, 5.74) is 0. The zero-order valence-electron chi connectivity index (χ0n) is 13.3. The third kappa shape index (κ3) is 7.72. The molecule has 22 heavy (non-hydrogen) atoms. The van der Waals surface area contributed by atoms with Crippen molar-refractivity contribution < 1.29 is 23.8 Å². The maximum atomic E-state index is 11.8. The summed E-state index contributed by atoms with van der Waals surface area (Å²) in [6.07, 6.45) is 0.224. The van der Waals surface area contributed by atoms with Crippen LogP contribution in [0.1, 0.15) is 19.8 Å². The second kappa shape index (κ2) is 9.07. The molecule has 2 saturated heterocycles. The first kappa shape index (κ1) is 17.2. The molecular weight excluding hydrogens is 288 g/mol. The molecule has 1 unspecified atom stereocenters. The minimum atomic E-state index is -0.521. The molecule has 2 heterocycles. The Bertz CT molecular complexity index is 369. The molecule has 1 atom stereocenters. The van der Waals surface area contributed by atoms with Crippen LogP contribution in [0.25, 0.3) is 0 Å². The Kier molecular flexibility index (Phi) is 7.08. The van der Waals surface area contributed by atoms with Crippen LogP contribution in [0, 0.1) is 0 Å². The number of carbonyl (C=O) groups is 2. The van der Waals surface area contributed by atoms with Gasteiger partial charge in [0.1, 0.15) is 6.61 Å². The third-order valence-corrected chi connectivity index (χ3v) is 3.58. The summed E-state index contributed by atoms with van der Waals surface area (Å²) in [4.78, 5) is 27.7. The number of carbonyl (C=O) groups excluding carboxylic acids is 2. The Balaban J connectivity index is 1.62. The summed E-state index contributed by atoms with van der Waals surface area (Å²) >= 11 is 0. The van der Waals surface area contributed by atoms with Gasteiger partial charge in [0.15, 0.2) is 6.10 Å². The van der Waals surface area contributed by atoms with Gasteiger partial charge in [-0.1, -0.05) is 0 Å². The molecule has 2 fully saturated rings. The summed E-state index contributed by atoms with van der Waals surface area (Å²) < 4.78 is 15.8. The van der Waals surface area contributed by atoms with Crippen LogP contribution in [0.5, 0.6) is 0 Å². The average Bonchev–Trinajstić information content (AvgIpc) is 3.39. The van der Waals surface area contributed by atoms with E-state index in [4.69, 9.17) is 14.2 Å². The van der Waals surface area contributed by atoms with Gasteiger partial charge in [-0.2, -0.15) is 0 Å². The number of hydrogen-bond donors (Lipinski definition) is 0. The summed E-state index contributed by atoms with van der Waals surface area (Å²) in [6.45, 7) is 8.44. The lowest BCUT2D eigenvalue weighted by Gasteiger charge is -2.18. The Labute approximate surface area is 131 Å². The number of nitrogens with zero attached hydrogens (tertiary/aromatic N) is 2. The standard InChI is InChI=1S/C15H26N2O5/c1-2-20-11-13(22-15(19)4-6-17-9-10-17)12-21-14(18)3-5-16-7-8-16/h13H,2-12H2,1H3. The van der Waals surface area contributed by atoms with Crippen LogP contribution in [-0.4, -0.2) is 86.9 Å². The molecule has 0 aromatic rings. The number of rotatable bonds is 12. The van der Waals surface area contributed by atoms with Crippen molar-refractivity contribution in [1.29, 1.82) is 0 Å². The maximum Gasteiger partial charge on any atom is 0.307 e. The van der Waals surface area contributed by atoms with Crippen LogP contribution in [0.15, 0.2) is 0 Å². The van der Waals surface area contributed by atoms with Gasteiger partial charge in [0.25, 0.3) is 0 Å². The predicted octanol–water partition coefficient (Wildman–Crippen LogP) is -0.111. The molecule has 7 heteroatoms. The molecular formula is C15H26N2O5. The Morgan fingerprint density at radius 2 is 1.55 bits per heavy atom. The molecule has 0 aromatic carbocycles. The van der Waals surface area contributed by atoms with Crippen molar-refractivity contribution in [3.8, 4) is 0 Å². The fourth-order valence-electron chi connectivity index (χ4n) is 1.96. The Hall–Kier alpha value is -1.18. The van der Waals surface area contributed by atoms with Gasteiger partial charge < -0.3 is 24.0 Å². The van der Waals surface area contributed by atoms with Gasteiger partial charge in [0.05, 0.1) is 19.4 Å². The van der Waals surface area contributed by atoms with E-state index in [0.29, 0.717) is 19.4 Å². The fourth-order valence-corrected chi connectivity index (χ4v) is 1.96. The topological polar surface area (TPSA) is 67.9 Å². The number of esters is 2. The maximum absolute atomic E-state index is 11.8. The SMILES string of the molecule is CCOCC(COC(=O)CCN1CC1)OC(=O)CCN1CC1. The molecule has 0 N–H and O–H groups in total. The van der Waals surface area contributed by atoms with Gasteiger partial charge in [-0.05, 0) is 6.92 Å². The lowest BCUT2D eigenvalue weighted by atomic mass is 10.3. The number of ether oxygens (including phenoxy) is 3. The van der Waals surface area contributed by atoms with Crippen LogP contribution in [0.3, 0.4) is 0 Å². The molecule has 7 nitrogen and oxygen atoms in total. The van der Waals surface area contributed by atoms with Crippen molar-refractivity contribution in [2.24, 2.45) is 0 Å². The third-order valence-electron chi connectivity index (χ3n) is 3.58. The molecule has 0 radical (unpaired) electrons. The minimum absolute atomic E-state index is 0.0638. The molecule has 0 spiro atoms. The lowest BCUT2D eigenvalue weighted by Crippen LogP contribution is -2.30. The summed E-state index contributed by atoms with van der Waals surface area (Å²) in [6, 6.07) is 0. The van der Waals surface area contributed by atoms with Gasteiger partial charge in [-0.25, -0.2) is 0 Å². The summed E-state index contributed by atoms with van der Waals surface area (Å²) in [5.74, 6) is -0.523. The molecule has 2 aliphatic heterocycles. The molecule has 0 aromatic heterocycles. The second-order valence-corrected chi connectivity index (χ2v) is 5.64. The highest BCUT2D eigenvalue weighted by Crippen LogP contribution is 2.07. The van der Waals surface area contributed by atoms with E-state index in [0.717, 1.165) is 39.3 Å². The highest BCUT2D eigenvalue weighted by Gasteiger charge is 2.22. The van der Waals surface area contributed by atoms with Gasteiger partial charge in [-0.15, -0.1) is 0 Å². The van der Waals surface area contributed by atoms with Gasteiger partial charge in [0.2, 0.25) is 0 Å². The van der Waals surface area contributed by atoms with Crippen LogP contribution < -0.4 is 0 Å². The van der Waals surface area contributed by atoms with E-state index in [1.54, 1.807) is 0 Å². The van der Waals surface area contributed by atoms with Crippen molar-refractivity contribution >= 4 is 11.9 Å². The van der Waals surface area contributed by atoms with Crippen molar-refractivity contribution in [3.63, 3.8) is 0 Å². The lowest BCUT2D eigenvalue weighted by molar-refractivity contribution is -0.162. The molecule has 0 bridgehead atoms. The summed E-state index contributed by atoms with van der Waals surface area (Å²) in [5, 5.41) is 0. The van der Waals surface area contributed by atoms with Gasteiger partial charge >= 0.3 is 11.9 Å². The molecule has 0 aliphatic carbocycles. The van der Waals surface area contributed by atoms with E-state index in [-0.39, 0.29) is 25.2 Å². The molecule has 0 saturated carbocycles. The van der Waals surface area contributed by atoms with Gasteiger partial charge in [-0.3, -0.25) is 9.59 Å². The van der Waals surface area contributed by atoms with E-state index in [1.165, 1.54) is 0 Å². The van der Waals surface area contributed by atoms with Crippen molar-refractivity contribution in [2.75, 3.05) is 59.1 Å². The highest BCUT2D eigenvalue weighted by molar-refractivity contribution is 5.70. The van der Waals surface area contributed by atoms with Crippen molar-refractivity contribution in [3.05, 3.63) is 0 Å². The quantitative estimate of drug-likeness (QED) is 0.368. The minimum Gasteiger partial charge on any atom is -0.462 e. The van der Waals surface area contributed by atoms with Gasteiger partial charge in [0, 0.05) is 45.9 Å². The first-order valence-electron chi connectivity index (χ1n) is 8.05. The molecule has 2 rings (SSSR count). The predicted molar refractivity (Wildman–Crippen MR) is 79.4 cm³/mol. The average molecular weight is 314 g/mol. The smallest absolute Gasteiger partial charge is 0.307 e. The highest BCUT2D eigenvalue weighted by atomic mass is 16.6. The van der Waals surface area contributed by atoms with Crippen LogP contribution >= 0.6 is 0 Å². The molecule has 126 valence electrons. The first-order valence-corrected chi connectivity index (χ1v) is 8.05. The largest absolute Gasteiger partial charge is 0.462 e. The zero-order valence-corrected chi connectivity index (χ0v) is 13.3. The van der Waals surface area contributed by atoms with E-state index >= 15 is 0 Å². The van der Waals surface area contributed by atoms with Crippen molar-refractivity contribution in [2.45, 2.75) is 25.9 Å². The first-order chi connectivity index (χ1) is 10.7. The normalized spacial score (nSPS) is 18.8. The van der Waals surface area contributed by atoms with Crippen LogP contribution in [0.4, 0.5) is 0 Å². The Morgan fingerprint density at radius 1 is 0.955 bits per heavy atom. The van der Waals surface area contributed by atoms with E-state index in [1.807, 2.05) is 6.92 Å². The Morgan fingerprint density at radius 3 is 2.09 bits per heavy atom. The number of hydrogen-bond acceptors (Lipinski definition) is 7. The summed E-state index contributed by atoms with van der Waals surface area (Å²) in [7, 11) is 0. The van der Waals surface area contributed by atoms with E-state index in [2.05, 4.69) is 9.80 Å². The fraction of sp³-hybridized carbons (Fsp3) is 0.867. The van der Waals surface area contributed by atoms with E-state index < -0.39 is 6.10 Å².